The lowest BCUT2D eigenvalue weighted by Crippen LogP contribution is -2.38. The molecule has 50 heavy (non-hydrogen) atoms. The van der Waals surface area contributed by atoms with Crippen LogP contribution in [-0.4, -0.2) is 73.7 Å². The molecule has 1 atom stereocenters. The second-order valence-electron chi connectivity index (χ2n) is 13.9. The summed E-state index contributed by atoms with van der Waals surface area (Å²) in [5, 5.41) is 10.5. The number of benzene rings is 2. The molecule has 0 radical (unpaired) electrons. The minimum absolute atomic E-state index is 0.0977. The summed E-state index contributed by atoms with van der Waals surface area (Å²) >= 11 is 0. The molecule has 8 rings (SSSR count). The van der Waals surface area contributed by atoms with Gasteiger partial charge in [0.2, 0.25) is 5.88 Å². The van der Waals surface area contributed by atoms with Crippen LogP contribution in [0.25, 0.3) is 44.3 Å². The maximum Gasteiger partial charge on any atom is 0.410 e. The minimum Gasteiger partial charge on any atom is -0.479 e. The van der Waals surface area contributed by atoms with E-state index in [0.717, 1.165) is 27.6 Å². The maximum absolute atomic E-state index is 14.9. The molecule has 2 aromatic carbocycles. The zero-order valence-corrected chi connectivity index (χ0v) is 29.5. The number of fused-ring (bicyclic) bond motifs is 5. The predicted octanol–water partition coefficient (Wildman–Crippen LogP) is 5.60. The van der Waals surface area contributed by atoms with Crippen molar-refractivity contribution in [3.63, 3.8) is 0 Å². The Kier molecular flexibility index (Phi) is 7.14. The van der Waals surface area contributed by atoms with Gasteiger partial charge in [0.1, 0.15) is 11.2 Å². The van der Waals surface area contributed by atoms with Gasteiger partial charge >= 0.3 is 6.09 Å². The van der Waals surface area contributed by atoms with E-state index in [9.17, 15) is 13.2 Å². The molecule has 2 aliphatic rings. The van der Waals surface area contributed by atoms with Gasteiger partial charge in [0.05, 0.1) is 48.1 Å². The average molecular weight is 696 g/mol. The van der Waals surface area contributed by atoms with Crippen LogP contribution in [0.2, 0.25) is 0 Å². The second-order valence-corrected chi connectivity index (χ2v) is 15.7. The van der Waals surface area contributed by atoms with E-state index in [1.165, 1.54) is 11.1 Å². The fourth-order valence-electron chi connectivity index (χ4n) is 7.32. The highest BCUT2D eigenvalue weighted by molar-refractivity contribution is 7.90. The average Bonchev–Trinajstić information content (AvgIpc) is 3.90. The normalized spacial score (nSPS) is 17.7. The first kappa shape index (κ1) is 32.0. The molecule has 0 N–H and O–H groups in total. The third-order valence-corrected chi connectivity index (χ3v) is 11.1. The van der Waals surface area contributed by atoms with Gasteiger partial charge in [-0.15, -0.1) is 5.10 Å². The number of hydrogen-bond donors (Lipinski definition) is 0. The lowest BCUT2D eigenvalue weighted by atomic mass is 9.86. The Morgan fingerprint density at radius 1 is 1.06 bits per heavy atom. The standard InChI is InChI=1S/C36H37N7O6S/c1-35(2,3)49-34(44)42-15-14-36(21-42)30-24(20-48-36)17-37-32-29(30)28(22-12-13-27-23(16-22)18-38-41(27)5)31(26-19-40(4)39-33(26)47-6)43(32)50(45,46)25-10-8-7-9-11-25/h7-13,16-19H,14-15,20-21H2,1-6H3. The Hall–Kier alpha value is -5.21. The van der Waals surface area contributed by atoms with Gasteiger partial charge in [0.25, 0.3) is 10.0 Å². The number of carbonyl (C=O) groups excluding carboxylic acids is 1. The number of aromatic nitrogens is 6. The molecule has 0 saturated carbocycles. The van der Waals surface area contributed by atoms with Crippen molar-refractivity contribution in [1.29, 1.82) is 0 Å². The summed E-state index contributed by atoms with van der Waals surface area (Å²) in [6.07, 6.45) is 5.29. The first-order valence-electron chi connectivity index (χ1n) is 16.3. The van der Waals surface area contributed by atoms with Gasteiger partial charge in [0, 0.05) is 66.9 Å². The highest BCUT2D eigenvalue weighted by Crippen LogP contribution is 2.53. The number of rotatable bonds is 5. The summed E-state index contributed by atoms with van der Waals surface area (Å²) in [4.78, 5) is 20.0. The number of amides is 1. The van der Waals surface area contributed by atoms with Crippen molar-refractivity contribution < 1.29 is 27.4 Å². The van der Waals surface area contributed by atoms with Gasteiger partial charge in [-0.1, -0.05) is 24.3 Å². The molecule has 0 aliphatic carbocycles. The molecule has 1 unspecified atom stereocenters. The Morgan fingerprint density at radius 2 is 1.84 bits per heavy atom. The van der Waals surface area contributed by atoms with Gasteiger partial charge in [-0.25, -0.2) is 22.2 Å². The van der Waals surface area contributed by atoms with E-state index in [2.05, 4.69) is 10.2 Å². The zero-order chi connectivity index (χ0) is 35.2. The van der Waals surface area contributed by atoms with Crippen LogP contribution in [0, 0.1) is 0 Å². The van der Waals surface area contributed by atoms with Crippen LogP contribution in [0.1, 0.15) is 38.3 Å². The lowest BCUT2D eigenvalue weighted by molar-refractivity contribution is -0.0320. The molecular formula is C36H37N7O6S. The SMILES string of the molecule is COc1nn(C)cc1-c1c(-c2ccc3c(cnn3C)c2)c2c3c(cnc2n1S(=O)(=O)c1ccccc1)COC31CCN(C(=O)OC(C)(C)C)C1. The monoisotopic (exact) mass is 695 g/mol. The van der Waals surface area contributed by atoms with Gasteiger partial charge in [-0.05, 0) is 50.6 Å². The molecule has 4 aromatic heterocycles. The van der Waals surface area contributed by atoms with Crippen molar-refractivity contribution in [3.05, 3.63) is 78.2 Å². The number of likely N-dealkylation sites (tertiary alicyclic amines) is 1. The summed E-state index contributed by atoms with van der Waals surface area (Å²) in [5.74, 6) is 0.253. The Labute approximate surface area is 289 Å². The van der Waals surface area contributed by atoms with Crippen LogP contribution in [-0.2, 0) is 45.8 Å². The Bertz CT molecular complexity index is 2440. The minimum atomic E-state index is -4.26. The summed E-state index contributed by atoms with van der Waals surface area (Å²) < 4.78 is 52.7. The molecule has 0 bridgehead atoms. The molecule has 1 saturated heterocycles. The zero-order valence-electron chi connectivity index (χ0n) is 28.7. The van der Waals surface area contributed by atoms with Crippen LogP contribution in [0.15, 0.2) is 72.0 Å². The van der Waals surface area contributed by atoms with Crippen LogP contribution >= 0.6 is 0 Å². The van der Waals surface area contributed by atoms with Crippen molar-refractivity contribution >= 4 is 38.1 Å². The second kappa shape index (κ2) is 11.2. The van der Waals surface area contributed by atoms with Crippen molar-refractivity contribution in [3.8, 4) is 28.3 Å². The van der Waals surface area contributed by atoms with E-state index in [-0.39, 0.29) is 29.6 Å². The first-order chi connectivity index (χ1) is 23.8. The third kappa shape index (κ3) is 4.88. The van der Waals surface area contributed by atoms with Crippen LogP contribution in [0.5, 0.6) is 5.88 Å². The molecule has 1 spiro atoms. The third-order valence-electron chi connectivity index (χ3n) is 9.42. The highest BCUT2D eigenvalue weighted by atomic mass is 32.2. The van der Waals surface area contributed by atoms with Gasteiger partial charge in [-0.2, -0.15) is 5.10 Å². The summed E-state index contributed by atoms with van der Waals surface area (Å²) in [7, 11) is 0.880. The molecule has 14 heteroatoms. The number of pyridine rings is 1. The molecule has 258 valence electrons. The van der Waals surface area contributed by atoms with Crippen LogP contribution in [0.3, 0.4) is 0 Å². The van der Waals surface area contributed by atoms with E-state index in [1.54, 1.807) is 70.2 Å². The summed E-state index contributed by atoms with van der Waals surface area (Å²) in [6, 6.07) is 14.2. The van der Waals surface area contributed by atoms with Crippen LogP contribution in [0.4, 0.5) is 4.79 Å². The van der Waals surface area contributed by atoms with Crippen molar-refractivity contribution in [2.45, 2.75) is 49.9 Å². The number of hydrogen-bond acceptors (Lipinski definition) is 9. The van der Waals surface area contributed by atoms with E-state index in [4.69, 9.17) is 19.2 Å². The number of carbonyl (C=O) groups is 1. The lowest BCUT2D eigenvalue weighted by Gasteiger charge is -2.27. The Balaban J connectivity index is 1.49. The number of aryl methyl sites for hydroxylation is 2. The largest absolute Gasteiger partial charge is 0.479 e. The van der Waals surface area contributed by atoms with Gasteiger partial charge in [0.15, 0.2) is 5.65 Å². The fraction of sp³-hybridized carbons (Fsp3) is 0.333. The molecule has 6 aromatic rings. The van der Waals surface area contributed by atoms with E-state index < -0.39 is 27.3 Å². The molecule has 1 amide bonds. The fourth-order valence-corrected chi connectivity index (χ4v) is 8.83. The number of ether oxygens (including phenoxy) is 3. The van der Waals surface area contributed by atoms with Crippen molar-refractivity contribution in [2.75, 3.05) is 20.2 Å². The van der Waals surface area contributed by atoms with Crippen molar-refractivity contribution in [2.24, 2.45) is 14.1 Å². The van der Waals surface area contributed by atoms with Gasteiger partial charge in [-0.3, -0.25) is 9.36 Å². The smallest absolute Gasteiger partial charge is 0.410 e. The van der Waals surface area contributed by atoms with Crippen molar-refractivity contribution in [1.82, 2.24) is 33.4 Å². The van der Waals surface area contributed by atoms with E-state index in [0.29, 0.717) is 35.2 Å². The van der Waals surface area contributed by atoms with E-state index >= 15 is 0 Å². The summed E-state index contributed by atoms with van der Waals surface area (Å²) in [5.41, 5.74) is 3.37. The Morgan fingerprint density at radius 3 is 2.58 bits per heavy atom. The molecule has 1 fully saturated rings. The molecular weight excluding hydrogens is 659 g/mol. The number of nitrogens with zero attached hydrogens (tertiary/aromatic N) is 7. The first-order valence-corrected chi connectivity index (χ1v) is 17.7. The molecule has 6 heterocycles. The number of methoxy groups -OCH3 is 1. The maximum atomic E-state index is 14.9. The quantitative estimate of drug-likeness (QED) is 0.226. The van der Waals surface area contributed by atoms with Crippen LogP contribution < -0.4 is 4.74 Å². The highest BCUT2D eigenvalue weighted by Gasteiger charge is 2.50. The molecule has 2 aliphatic heterocycles. The topological polar surface area (TPSA) is 136 Å². The van der Waals surface area contributed by atoms with E-state index in [1.807, 2.05) is 46.0 Å². The summed E-state index contributed by atoms with van der Waals surface area (Å²) in [6.45, 7) is 6.40. The predicted molar refractivity (Wildman–Crippen MR) is 186 cm³/mol. The van der Waals surface area contributed by atoms with Gasteiger partial charge < -0.3 is 19.1 Å². The molecule has 13 nitrogen and oxygen atoms in total.